The Morgan fingerprint density at radius 1 is 1.07 bits per heavy atom. The van der Waals surface area contributed by atoms with Crippen molar-refractivity contribution in [2.45, 2.75) is 12.2 Å². The highest BCUT2D eigenvalue weighted by Gasteiger charge is 2.23. The van der Waals surface area contributed by atoms with Crippen LogP contribution in [0.1, 0.15) is 5.56 Å². The predicted molar refractivity (Wildman–Crippen MR) is 60.4 cm³/mol. The first-order chi connectivity index (χ1) is 7.20. The molecule has 0 saturated carbocycles. The van der Waals surface area contributed by atoms with Gasteiger partial charge in [0.25, 0.3) is 0 Å². The van der Waals surface area contributed by atoms with Crippen molar-refractivity contribution in [3.8, 4) is 0 Å². The van der Waals surface area contributed by atoms with E-state index in [1.54, 1.807) is 12.2 Å². The molecule has 0 aliphatic heterocycles. The zero-order chi connectivity index (χ0) is 10.8. The number of halogens is 1. The Labute approximate surface area is 93.1 Å². The van der Waals surface area contributed by atoms with Crippen LogP contribution in [0.3, 0.4) is 0 Å². The summed E-state index contributed by atoms with van der Waals surface area (Å²) in [7, 11) is 0. The van der Waals surface area contributed by atoms with E-state index in [2.05, 4.69) is 0 Å². The van der Waals surface area contributed by atoms with Crippen molar-refractivity contribution in [2.24, 2.45) is 0 Å². The van der Waals surface area contributed by atoms with Gasteiger partial charge in [-0.3, -0.25) is 0 Å². The molecule has 0 fully saturated rings. The number of aliphatic hydroxyl groups is 2. The van der Waals surface area contributed by atoms with Gasteiger partial charge in [0.05, 0.1) is 5.03 Å². The van der Waals surface area contributed by atoms with Crippen molar-refractivity contribution >= 4 is 17.2 Å². The number of rotatable bonds is 1. The second kappa shape index (κ2) is 4.19. The lowest BCUT2D eigenvalue weighted by Gasteiger charge is -2.21. The van der Waals surface area contributed by atoms with Gasteiger partial charge < -0.3 is 10.2 Å². The smallest absolute Gasteiger partial charge is 0.120 e. The average Bonchev–Trinajstić information content (AvgIpc) is 2.27. The van der Waals surface area contributed by atoms with Crippen LogP contribution in [-0.4, -0.2) is 22.4 Å². The van der Waals surface area contributed by atoms with E-state index in [1.165, 1.54) is 0 Å². The highest BCUT2D eigenvalue weighted by Crippen LogP contribution is 2.30. The van der Waals surface area contributed by atoms with Gasteiger partial charge >= 0.3 is 0 Å². The van der Waals surface area contributed by atoms with E-state index in [4.69, 9.17) is 11.6 Å². The average molecular weight is 223 g/mol. The van der Waals surface area contributed by atoms with E-state index < -0.39 is 12.2 Å². The van der Waals surface area contributed by atoms with Crippen LogP contribution in [0.4, 0.5) is 0 Å². The Hall–Kier alpha value is -1.09. The lowest BCUT2D eigenvalue weighted by atomic mass is 9.96. The van der Waals surface area contributed by atoms with Crippen LogP contribution >= 0.6 is 11.6 Å². The first kappa shape index (κ1) is 10.4. The number of benzene rings is 1. The standard InChI is InChI=1S/C12H11ClO2/c13-11-9(6-7-10(14)12(11)15)8-4-2-1-3-5-8/h1-7,10,12,14-15H/t10-,12-/m1/s1. The van der Waals surface area contributed by atoms with Gasteiger partial charge in [-0.15, -0.1) is 0 Å². The van der Waals surface area contributed by atoms with Gasteiger partial charge in [-0.2, -0.15) is 0 Å². The molecule has 15 heavy (non-hydrogen) atoms. The van der Waals surface area contributed by atoms with Crippen LogP contribution in [-0.2, 0) is 0 Å². The third-order valence-corrected chi connectivity index (χ3v) is 2.81. The molecule has 78 valence electrons. The number of aliphatic hydroxyl groups excluding tert-OH is 2. The van der Waals surface area contributed by atoms with E-state index >= 15 is 0 Å². The fraction of sp³-hybridized carbons (Fsp3) is 0.167. The lowest BCUT2D eigenvalue weighted by Crippen LogP contribution is -2.26. The van der Waals surface area contributed by atoms with Gasteiger partial charge in [-0.25, -0.2) is 0 Å². The molecule has 2 nitrogen and oxygen atoms in total. The van der Waals surface area contributed by atoms with Gasteiger partial charge in [0.15, 0.2) is 0 Å². The van der Waals surface area contributed by atoms with Crippen LogP contribution in [0.25, 0.3) is 5.57 Å². The van der Waals surface area contributed by atoms with Crippen LogP contribution in [0.5, 0.6) is 0 Å². The lowest BCUT2D eigenvalue weighted by molar-refractivity contribution is 0.0770. The second-order valence-electron chi connectivity index (χ2n) is 3.42. The van der Waals surface area contributed by atoms with E-state index in [-0.39, 0.29) is 5.03 Å². The number of hydrogen-bond acceptors (Lipinski definition) is 2. The van der Waals surface area contributed by atoms with Crippen molar-refractivity contribution in [3.63, 3.8) is 0 Å². The molecular formula is C12H11ClO2. The molecule has 3 heteroatoms. The second-order valence-corrected chi connectivity index (χ2v) is 3.83. The SMILES string of the molecule is O[C@@H]1C=CC(c2ccccc2)=C(Cl)[C@@H]1O. The van der Waals surface area contributed by atoms with Crippen LogP contribution in [0.15, 0.2) is 47.5 Å². The molecular weight excluding hydrogens is 212 g/mol. The van der Waals surface area contributed by atoms with Crippen molar-refractivity contribution < 1.29 is 10.2 Å². The minimum absolute atomic E-state index is 0.288. The summed E-state index contributed by atoms with van der Waals surface area (Å²) in [5.41, 5.74) is 1.69. The molecule has 0 amide bonds. The number of hydrogen-bond donors (Lipinski definition) is 2. The molecule has 0 saturated heterocycles. The number of allylic oxidation sites excluding steroid dienone is 2. The zero-order valence-corrected chi connectivity index (χ0v) is 8.72. The fourth-order valence-corrected chi connectivity index (χ4v) is 1.84. The van der Waals surface area contributed by atoms with E-state index in [1.807, 2.05) is 30.3 Å². The Kier molecular flexibility index (Phi) is 2.91. The van der Waals surface area contributed by atoms with Crippen molar-refractivity contribution in [2.75, 3.05) is 0 Å². The van der Waals surface area contributed by atoms with Crippen molar-refractivity contribution in [1.29, 1.82) is 0 Å². The first-order valence-corrected chi connectivity index (χ1v) is 5.07. The molecule has 1 aromatic rings. The van der Waals surface area contributed by atoms with Crippen LogP contribution in [0.2, 0.25) is 0 Å². The maximum absolute atomic E-state index is 9.59. The molecule has 0 aromatic heterocycles. The van der Waals surface area contributed by atoms with Gasteiger partial charge in [0.2, 0.25) is 0 Å². The Morgan fingerprint density at radius 2 is 1.73 bits per heavy atom. The molecule has 1 aromatic carbocycles. The van der Waals surface area contributed by atoms with Gasteiger partial charge in [-0.1, -0.05) is 54.1 Å². The third-order valence-electron chi connectivity index (χ3n) is 2.39. The summed E-state index contributed by atoms with van der Waals surface area (Å²) in [5, 5.41) is 19.2. The minimum atomic E-state index is -1.02. The molecule has 2 rings (SSSR count). The third kappa shape index (κ3) is 1.97. The summed E-state index contributed by atoms with van der Waals surface area (Å²) in [6.45, 7) is 0. The Bertz CT molecular complexity index is 409. The molecule has 1 aliphatic rings. The highest BCUT2D eigenvalue weighted by atomic mass is 35.5. The summed E-state index contributed by atoms with van der Waals surface area (Å²) in [5.74, 6) is 0. The summed E-state index contributed by atoms with van der Waals surface area (Å²) in [4.78, 5) is 0. The summed E-state index contributed by atoms with van der Waals surface area (Å²) in [6.07, 6.45) is 1.34. The monoisotopic (exact) mass is 222 g/mol. The van der Waals surface area contributed by atoms with Crippen molar-refractivity contribution in [1.82, 2.24) is 0 Å². The first-order valence-electron chi connectivity index (χ1n) is 4.69. The topological polar surface area (TPSA) is 40.5 Å². The molecule has 0 bridgehead atoms. The maximum atomic E-state index is 9.59. The van der Waals surface area contributed by atoms with E-state index in [9.17, 15) is 10.2 Å². The highest BCUT2D eigenvalue weighted by molar-refractivity contribution is 6.34. The van der Waals surface area contributed by atoms with Crippen LogP contribution < -0.4 is 0 Å². The van der Waals surface area contributed by atoms with E-state index in [0.717, 1.165) is 11.1 Å². The van der Waals surface area contributed by atoms with Gasteiger partial charge in [0, 0.05) is 0 Å². The molecule has 2 N–H and O–H groups in total. The summed E-state index contributed by atoms with van der Waals surface area (Å²) in [6, 6.07) is 9.53. The van der Waals surface area contributed by atoms with E-state index in [0.29, 0.717) is 0 Å². The summed E-state index contributed by atoms with van der Waals surface area (Å²) < 4.78 is 0. The Balaban J connectivity index is 2.43. The minimum Gasteiger partial charge on any atom is -0.386 e. The van der Waals surface area contributed by atoms with Gasteiger partial charge in [0.1, 0.15) is 12.2 Å². The quantitative estimate of drug-likeness (QED) is 0.762. The molecule has 2 atom stereocenters. The molecule has 0 unspecified atom stereocenters. The molecule has 0 radical (unpaired) electrons. The predicted octanol–water partition coefficient (Wildman–Crippen LogP) is 1.93. The zero-order valence-electron chi connectivity index (χ0n) is 7.97. The molecule has 0 spiro atoms. The molecule has 1 aliphatic carbocycles. The maximum Gasteiger partial charge on any atom is 0.120 e. The largest absolute Gasteiger partial charge is 0.386 e. The van der Waals surface area contributed by atoms with Crippen LogP contribution in [0, 0.1) is 0 Å². The van der Waals surface area contributed by atoms with Crippen molar-refractivity contribution in [3.05, 3.63) is 53.1 Å². The van der Waals surface area contributed by atoms with Gasteiger partial charge in [-0.05, 0) is 11.1 Å². The summed E-state index contributed by atoms with van der Waals surface area (Å²) >= 11 is 5.98. The Morgan fingerprint density at radius 3 is 2.40 bits per heavy atom. The molecule has 0 heterocycles. The normalized spacial score (nSPS) is 25.8. The fourth-order valence-electron chi connectivity index (χ4n) is 1.54.